The number of nitrogens with one attached hydrogen (secondary N) is 1. The number of halogens is 6. The number of aromatic nitrogens is 3. The van der Waals surface area contributed by atoms with Crippen molar-refractivity contribution in [1.82, 2.24) is 15.0 Å². The Labute approximate surface area is 619 Å². The molecule has 0 fully saturated rings. The molecule has 1 aliphatic heterocycles. The minimum atomic E-state index is -1.38. The Balaban J connectivity index is 0.931. The van der Waals surface area contributed by atoms with Crippen molar-refractivity contribution in [3.8, 4) is 56.8 Å². The van der Waals surface area contributed by atoms with Crippen LogP contribution in [0.4, 0.5) is 71.8 Å². The van der Waals surface area contributed by atoms with Crippen LogP contribution in [0.2, 0.25) is 0 Å². The molecule has 0 bridgehead atoms. The molecule has 0 spiro atoms. The van der Waals surface area contributed by atoms with Gasteiger partial charge in [0.1, 0.15) is 125 Å². The van der Waals surface area contributed by atoms with Crippen molar-refractivity contribution in [3.63, 3.8) is 0 Å². The van der Waals surface area contributed by atoms with Crippen LogP contribution in [0.1, 0.15) is 0 Å². The fourth-order valence-corrected chi connectivity index (χ4v) is 13.0. The standard InChI is InChI=1S/C88H69F6N8O6/c89-63-19-13-33-75(47-63)103-55-87(56-104-76-34-14-20-64(90)48-76,57-105-77-35-15-21-65(91)49-77)53-99-95-83-81(61-39-43-73(44-40-61)101(69-25-5-1-6-26-69)70-27-7-2-8-28-70)84-86(82(85(83)97-99)62-41-45-74(46-42-62)102(71-29-9-3-10-30-71)72-31-11-4-12-32-72)98-100(96-84)54-88(58-106-78-36-16-22-66(92)50-78,59-107-79-37-17-23-67(93)51-79)60-108-80-38-18-24-68(94)52-80/h1-52,99H,53-60H2/q-1. The highest BCUT2D eigenvalue weighted by Crippen LogP contribution is 2.55. The van der Waals surface area contributed by atoms with Crippen molar-refractivity contribution in [2.45, 2.75) is 6.54 Å². The number of ether oxygens (including phenoxy) is 6. The van der Waals surface area contributed by atoms with E-state index in [0.717, 1.165) is 34.1 Å². The van der Waals surface area contributed by atoms with Crippen molar-refractivity contribution in [2.24, 2.45) is 10.8 Å². The van der Waals surface area contributed by atoms with Gasteiger partial charge in [0.2, 0.25) is 0 Å². The number of fused-ring (bicyclic) bond motifs is 2. The smallest absolute Gasteiger partial charge is 0.126 e. The SMILES string of the molecule is Fc1cccc(OCC(COc2cccc(F)c2)(COc2cccc(F)c2)Cn2nc3c(-c4ccc(N(c5ccccc5)c5ccccc5)cc4)c4c(c(-c5ccc(N(c6ccccc6)c6ccccc6)cc5)c3n2)[N-][NH+](CC(COc2cccc(F)c2)(COc2cccc(F)c2)COc2cccc(F)c2)[N-]4)c1. The molecule has 14 aromatic rings. The van der Waals surface area contributed by atoms with Crippen LogP contribution in [0.15, 0.2) is 315 Å². The molecule has 1 aromatic heterocycles. The maximum Gasteiger partial charge on any atom is 0.126 e. The van der Waals surface area contributed by atoms with E-state index in [0.29, 0.717) is 44.7 Å². The lowest BCUT2D eigenvalue weighted by atomic mass is 9.90. The molecule has 13 aromatic carbocycles. The monoisotopic (exact) mass is 1450 g/mol. The van der Waals surface area contributed by atoms with E-state index >= 15 is 26.3 Å². The van der Waals surface area contributed by atoms with Crippen LogP contribution < -0.4 is 43.3 Å². The zero-order valence-electron chi connectivity index (χ0n) is 58.0. The molecule has 0 amide bonds. The largest absolute Gasteiger partial charge is 0.494 e. The fourth-order valence-electron chi connectivity index (χ4n) is 13.0. The second-order valence-electron chi connectivity index (χ2n) is 26.3. The second-order valence-corrected chi connectivity index (χ2v) is 26.3. The molecule has 0 saturated heterocycles. The van der Waals surface area contributed by atoms with Gasteiger partial charge in [0.15, 0.2) is 0 Å². The molecule has 0 radical (unpaired) electrons. The summed E-state index contributed by atoms with van der Waals surface area (Å²) in [5.74, 6) is -2.17. The van der Waals surface area contributed by atoms with Gasteiger partial charge in [0, 0.05) is 70.5 Å². The number of nitrogens with zero attached hydrogens (tertiary/aromatic N) is 7. The molecular weight excluding hydrogens is 1380 g/mol. The van der Waals surface area contributed by atoms with Crippen molar-refractivity contribution in [1.29, 1.82) is 0 Å². The minimum absolute atomic E-state index is 0.0832. The third-order valence-corrected chi connectivity index (χ3v) is 18.3. The number of hydrogen-bond donors (Lipinski definition) is 1. The fraction of sp³-hybridized carbons (Fsp3) is 0.114. The van der Waals surface area contributed by atoms with Crippen LogP contribution in [0.25, 0.3) is 44.1 Å². The van der Waals surface area contributed by atoms with Crippen LogP contribution in [0.3, 0.4) is 0 Å². The quantitative estimate of drug-likeness (QED) is 0.0435. The number of quaternary nitrogens is 1. The first-order valence-electron chi connectivity index (χ1n) is 34.9. The third kappa shape index (κ3) is 16.6. The molecule has 15 rings (SSSR count). The van der Waals surface area contributed by atoms with Crippen LogP contribution >= 0.6 is 0 Å². The summed E-state index contributed by atoms with van der Waals surface area (Å²) < 4.78 is 130. The van der Waals surface area contributed by atoms with Gasteiger partial charge in [0.05, 0.1) is 18.5 Å². The maximum absolute atomic E-state index is 15.1. The van der Waals surface area contributed by atoms with E-state index < -0.39 is 45.7 Å². The Morgan fingerprint density at radius 3 is 0.806 bits per heavy atom. The molecule has 0 saturated carbocycles. The lowest BCUT2D eigenvalue weighted by Crippen LogP contribution is -3.04. The van der Waals surface area contributed by atoms with Gasteiger partial charge in [-0.2, -0.15) is 15.0 Å². The molecule has 2 heterocycles. The number of para-hydroxylation sites is 4. The van der Waals surface area contributed by atoms with E-state index in [9.17, 15) is 0 Å². The van der Waals surface area contributed by atoms with Crippen molar-refractivity contribution in [2.75, 3.05) is 56.0 Å². The summed E-state index contributed by atoms with van der Waals surface area (Å²) in [4.78, 5) is 5.80. The van der Waals surface area contributed by atoms with Gasteiger partial charge in [-0.3, -0.25) is 0 Å². The number of anilines is 6. The molecule has 108 heavy (non-hydrogen) atoms. The molecule has 540 valence electrons. The van der Waals surface area contributed by atoms with Gasteiger partial charge in [0.25, 0.3) is 0 Å². The van der Waals surface area contributed by atoms with Gasteiger partial charge in [-0.25, -0.2) is 26.3 Å². The molecule has 14 nitrogen and oxygen atoms in total. The molecular formula is C88H69F6N8O6-. The topological polar surface area (TPSA) is 125 Å². The van der Waals surface area contributed by atoms with Gasteiger partial charge in [-0.15, -0.1) is 0 Å². The third-order valence-electron chi connectivity index (χ3n) is 18.3. The first-order chi connectivity index (χ1) is 52.8. The Bertz CT molecular complexity index is 4890. The normalized spacial score (nSPS) is 12.0. The Morgan fingerprint density at radius 1 is 0.296 bits per heavy atom. The first-order valence-corrected chi connectivity index (χ1v) is 34.9. The Morgan fingerprint density at radius 2 is 0.546 bits per heavy atom. The average Bonchev–Trinajstić information content (AvgIpc) is 1.57. The molecule has 0 aliphatic carbocycles. The summed E-state index contributed by atoms with van der Waals surface area (Å²) in [5.41, 5.74) is 17.5. The Hall–Kier alpha value is -13.2. The van der Waals surface area contributed by atoms with Crippen LogP contribution in [0, 0.1) is 45.7 Å². The number of rotatable bonds is 30. The summed E-state index contributed by atoms with van der Waals surface area (Å²) in [5, 5.41) is 11.3. The molecule has 0 unspecified atom stereocenters. The Kier molecular flexibility index (Phi) is 20.9. The van der Waals surface area contributed by atoms with Crippen molar-refractivity contribution >= 4 is 56.5 Å². The van der Waals surface area contributed by atoms with Crippen LogP contribution in [-0.4, -0.2) is 61.2 Å². The highest BCUT2D eigenvalue weighted by molar-refractivity contribution is 6.15. The predicted molar refractivity (Wildman–Crippen MR) is 406 cm³/mol. The van der Waals surface area contributed by atoms with E-state index in [1.54, 1.807) is 36.4 Å². The van der Waals surface area contributed by atoms with E-state index in [1.165, 1.54) is 114 Å². The lowest BCUT2D eigenvalue weighted by molar-refractivity contribution is -0.819. The zero-order valence-corrected chi connectivity index (χ0v) is 58.0. The summed E-state index contributed by atoms with van der Waals surface area (Å²) in [7, 11) is 0. The maximum atomic E-state index is 15.1. The van der Waals surface area contributed by atoms with Gasteiger partial charge in [-0.05, 0) is 168 Å². The first kappa shape index (κ1) is 70.5. The molecule has 1 N–H and O–H groups in total. The van der Waals surface area contributed by atoms with Crippen molar-refractivity contribution in [3.05, 3.63) is 361 Å². The highest BCUT2D eigenvalue weighted by Gasteiger charge is 2.40. The van der Waals surface area contributed by atoms with E-state index in [-0.39, 0.29) is 92.3 Å². The second kappa shape index (κ2) is 32.0. The lowest BCUT2D eigenvalue weighted by Gasteiger charge is -2.42. The minimum Gasteiger partial charge on any atom is -0.494 e. The highest BCUT2D eigenvalue weighted by atomic mass is 19.1. The molecule has 1 aliphatic rings. The van der Waals surface area contributed by atoms with E-state index in [4.69, 9.17) is 49.5 Å². The summed E-state index contributed by atoms with van der Waals surface area (Å²) in [6.45, 7) is -1.63. The van der Waals surface area contributed by atoms with Gasteiger partial charge in [-0.1, -0.05) is 145 Å². The molecule has 20 heteroatoms. The summed E-state index contributed by atoms with van der Waals surface area (Å²) in [6, 6.07) is 90.0. The van der Waals surface area contributed by atoms with Crippen LogP contribution in [-0.2, 0) is 6.54 Å². The van der Waals surface area contributed by atoms with E-state index in [1.807, 2.05) is 170 Å². The number of hydrogen-bond acceptors (Lipinski definition) is 10. The molecule has 0 atom stereocenters. The van der Waals surface area contributed by atoms with Gasteiger partial charge >= 0.3 is 0 Å². The zero-order chi connectivity index (χ0) is 73.8. The number of benzene rings is 13. The summed E-state index contributed by atoms with van der Waals surface area (Å²) >= 11 is 0. The van der Waals surface area contributed by atoms with Crippen LogP contribution in [0.5, 0.6) is 34.5 Å². The average molecular weight is 1450 g/mol. The predicted octanol–water partition coefficient (Wildman–Crippen LogP) is 20.7. The van der Waals surface area contributed by atoms with Gasteiger partial charge < -0.3 is 54.2 Å². The van der Waals surface area contributed by atoms with Crippen molar-refractivity contribution < 1.29 is 59.9 Å². The van der Waals surface area contributed by atoms with E-state index in [2.05, 4.69) is 9.80 Å². The summed E-state index contributed by atoms with van der Waals surface area (Å²) in [6.07, 6.45) is 0.